The lowest BCUT2D eigenvalue weighted by molar-refractivity contribution is -0.143. The van der Waals surface area contributed by atoms with E-state index in [9.17, 15) is 13.2 Å². The van der Waals surface area contributed by atoms with Gasteiger partial charge in [-0.25, -0.2) is 8.42 Å². The molecule has 0 fully saturated rings. The van der Waals surface area contributed by atoms with E-state index in [0.29, 0.717) is 24.5 Å². The summed E-state index contributed by atoms with van der Waals surface area (Å²) < 4.78 is 47.1. The number of hydrogen-bond donors (Lipinski definition) is 0. The van der Waals surface area contributed by atoms with Crippen LogP contribution in [0.2, 0.25) is 0 Å². The maximum atomic E-state index is 12.9. The van der Waals surface area contributed by atoms with Gasteiger partial charge in [0, 0.05) is 20.8 Å². The predicted octanol–water partition coefficient (Wildman–Crippen LogP) is 1.22. The quantitative estimate of drug-likeness (QED) is 0.392. The molecule has 0 heterocycles. The van der Waals surface area contributed by atoms with E-state index in [0.717, 1.165) is 4.31 Å². The van der Waals surface area contributed by atoms with E-state index in [-0.39, 0.29) is 31.2 Å². The Morgan fingerprint density at radius 3 is 2.38 bits per heavy atom. The van der Waals surface area contributed by atoms with Crippen molar-refractivity contribution in [3.63, 3.8) is 0 Å². The molecule has 0 amide bonds. The topological polar surface area (TPSA) is 91.4 Å². The lowest BCUT2D eigenvalue weighted by atomic mass is 10.2. The first-order valence-corrected chi connectivity index (χ1v) is 9.67. The maximum absolute atomic E-state index is 12.9. The minimum Gasteiger partial charge on any atom is -0.491 e. The van der Waals surface area contributed by atoms with Gasteiger partial charge in [0.05, 0.1) is 24.7 Å². The second-order valence-corrected chi connectivity index (χ2v) is 7.34. The van der Waals surface area contributed by atoms with Gasteiger partial charge < -0.3 is 18.9 Å². The first-order chi connectivity index (χ1) is 12.4. The monoisotopic (exact) mass is 389 g/mol. The molecule has 1 aromatic carbocycles. The van der Waals surface area contributed by atoms with Crippen LogP contribution in [-0.2, 0) is 29.0 Å². The Morgan fingerprint density at radius 2 is 1.81 bits per heavy atom. The molecule has 148 valence electrons. The first-order valence-electron chi connectivity index (χ1n) is 8.23. The third-order valence-electron chi connectivity index (χ3n) is 3.48. The average molecular weight is 389 g/mol. The molecule has 8 nitrogen and oxygen atoms in total. The lowest BCUT2D eigenvalue weighted by Gasteiger charge is -2.21. The lowest BCUT2D eigenvalue weighted by Crippen LogP contribution is -2.38. The Hall–Kier alpha value is -1.68. The molecule has 0 unspecified atom stereocenters. The summed E-state index contributed by atoms with van der Waals surface area (Å²) in [7, 11) is -0.842. The highest BCUT2D eigenvalue weighted by molar-refractivity contribution is 7.89. The molecule has 9 heteroatoms. The van der Waals surface area contributed by atoms with E-state index < -0.39 is 16.0 Å². The van der Waals surface area contributed by atoms with Crippen LogP contribution in [0.15, 0.2) is 23.1 Å². The summed E-state index contributed by atoms with van der Waals surface area (Å²) in [5, 5.41) is 0. The maximum Gasteiger partial charge on any atom is 0.321 e. The van der Waals surface area contributed by atoms with Crippen LogP contribution in [0.4, 0.5) is 0 Å². The Labute approximate surface area is 155 Å². The third-order valence-corrected chi connectivity index (χ3v) is 5.33. The van der Waals surface area contributed by atoms with E-state index in [1.807, 2.05) is 0 Å². The fraction of sp³-hybridized carbons (Fsp3) is 0.588. The predicted molar refractivity (Wildman–Crippen MR) is 95.8 cm³/mol. The van der Waals surface area contributed by atoms with Crippen molar-refractivity contribution in [3.05, 3.63) is 23.8 Å². The zero-order valence-corrected chi connectivity index (χ0v) is 16.5. The van der Waals surface area contributed by atoms with Gasteiger partial charge >= 0.3 is 5.97 Å². The van der Waals surface area contributed by atoms with Crippen LogP contribution in [0.25, 0.3) is 0 Å². The summed E-state index contributed by atoms with van der Waals surface area (Å²) in [5.41, 5.74) is 0.671. The molecule has 26 heavy (non-hydrogen) atoms. The summed E-state index contributed by atoms with van der Waals surface area (Å²) >= 11 is 0. The van der Waals surface area contributed by atoms with Gasteiger partial charge in [0.2, 0.25) is 10.0 Å². The number of ether oxygens (including phenoxy) is 4. The molecule has 0 spiro atoms. The van der Waals surface area contributed by atoms with Crippen molar-refractivity contribution in [2.45, 2.75) is 18.7 Å². The Morgan fingerprint density at radius 1 is 1.12 bits per heavy atom. The van der Waals surface area contributed by atoms with Crippen LogP contribution in [0.1, 0.15) is 12.5 Å². The number of nitrogens with zero attached hydrogens (tertiary/aromatic N) is 1. The minimum atomic E-state index is -3.88. The molecule has 0 aromatic heterocycles. The number of sulfonamides is 1. The smallest absolute Gasteiger partial charge is 0.321 e. The third kappa shape index (κ3) is 6.56. The van der Waals surface area contributed by atoms with Crippen molar-refractivity contribution in [2.75, 3.05) is 53.7 Å². The van der Waals surface area contributed by atoms with E-state index in [1.165, 1.54) is 19.2 Å². The van der Waals surface area contributed by atoms with Gasteiger partial charge in [-0.1, -0.05) is 0 Å². The number of esters is 1. The second-order valence-electron chi connectivity index (χ2n) is 5.40. The van der Waals surface area contributed by atoms with Crippen LogP contribution < -0.4 is 4.74 Å². The van der Waals surface area contributed by atoms with Crippen LogP contribution in [-0.4, -0.2) is 72.4 Å². The largest absolute Gasteiger partial charge is 0.491 e. The van der Waals surface area contributed by atoms with Crippen LogP contribution in [0, 0.1) is 6.92 Å². The molecule has 0 saturated heterocycles. The van der Waals surface area contributed by atoms with Crippen molar-refractivity contribution in [2.24, 2.45) is 0 Å². The fourth-order valence-corrected chi connectivity index (χ4v) is 3.61. The van der Waals surface area contributed by atoms with E-state index >= 15 is 0 Å². The summed E-state index contributed by atoms with van der Waals surface area (Å²) in [4.78, 5) is 11.8. The number of aryl methyl sites for hydroxylation is 1. The molecular weight excluding hydrogens is 362 g/mol. The van der Waals surface area contributed by atoms with E-state index in [4.69, 9.17) is 18.9 Å². The molecule has 1 aromatic rings. The van der Waals surface area contributed by atoms with Crippen molar-refractivity contribution in [3.8, 4) is 5.75 Å². The fourth-order valence-electron chi connectivity index (χ4n) is 2.16. The number of rotatable bonds is 12. The second kappa shape index (κ2) is 11.1. The van der Waals surface area contributed by atoms with Crippen LogP contribution in [0.5, 0.6) is 5.75 Å². The number of carbonyl (C=O) groups is 1. The molecule has 0 aliphatic heterocycles. The van der Waals surface area contributed by atoms with E-state index in [2.05, 4.69) is 0 Å². The van der Waals surface area contributed by atoms with Crippen molar-refractivity contribution in [1.82, 2.24) is 4.31 Å². The summed E-state index contributed by atoms with van der Waals surface area (Å²) in [6, 6.07) is 4.56. The number of benzene rings is 1. The first kappa shape index (κ1) is 22.4. The van der Waals surface area contributed by atoms with Gasteiger partial charge in [-0.2, -0.15) is 4.31 Å². The SMILES string of the molecule is CCOC(=O)CN(CCOC)S(=O)(=O)c1ccc(OCCOC)c(C)c1. The molecule has 1 rings (SSSR count). The Kier molecular flexibility index (Phi) is 9.57. The Bertz CT molecular complexity index is 676. The van der Waals surface area contributed by atoms with Crippen LogP contribution >= 0.6 is 0 Å². The summed E-state index contributed by atoms with van der Waals surface area (Å²) in [5.74, 6) is -0.0294. The molecule has 0 N–H and O–H groups in total. The van der Waals surface area contributed by atoms with Crippen molar-refractivity contribution >= 4 is 16.0 Å². The van der Waals surface area contributed by atoms with Crippen LogP contribution in [0.3, 0.4) is 0 Å². The van der Waals surface area contributed by atoms with Gasteiger partial charge in [-0.15, -0.1) is 0 Å². The molecule has 0 aliphatic carbocycles. The van der Waals surface area contributed by atoms with Gasteiger partial charge in [0.25, 0.3) is 0 Å². The highest BCUT2D eigenvalue weighted by Crippen LogP contribution is 2.24. The van der Waals surface area contributed by atoms with Crippen molar-refractivity contribution in [1.29, 1.82) is 0 Å². The minimum absolute atomic E-state index is 0.0444. The molecule has 0 aliphatic rings. The zero-order chi connectivity index (χ0) is 19.6. The number of methoxy groups -OCH3 is 2. The summed E-state index contributed by atoms with van der Waals surface area (Å²) in [6.45, 7) is 4.24. The molecule has 0 atom stereocenters. The molecular formula is C17H27NO7S. The van der Waals surface area contributed by atoms with Gasteiger partial charge in [-0.05, 0) is 37.6 Å². The number of carbonyl (C=O) groups excluding carboxylic acids is 1. The molecule has 0 bridgehead atoms. The zero-order valence-electron chi connectivity index (χ0n) is 15.7. The van der Waals surface area contributed by atoms with E-state index in [1.54, 1.807) is 27.0 Å². The standard InChI is InChI=1S/C17H27NO7S/c1-5-24-17(19)13-18(8-9-22-3)26(20,21)15-6-7-16(14(2)12-15)25-11-10-23-4/h6-7,12H,5,8-11,13H2,1-4H3. The van der Waals surface area contributed by atoms with Gasteiger partial charge in [0.1, 0.15) is 18.9 Å². The average Bonchev–Trinajstić information content (AvgIpc) is 2.60. The highest BCUT2D eigenvalue weighted by Gasteiger charge is 2.27. The normalized spacial score (nSPS) is 11.6. The summed E-state index contributed by atoms with van der Waals surface area (Å²) in [6.07, 6.45) is 0. The van der Waals surface area contributed by atoms with Gasteiger partial charge in [0.15, 0.2) is 0 Å². The number of hydrogen-bond acceptors (Lipinski definition) is 7. The molecule has 0 radical (unpaired) electrons. The van der Waals surface area contributed by atoms with Crippen molar-refractivity contribution < 1.29 is 32.2 Å². The Balaban J connectivity index is 3.02. The molecule has 0 saturated carbocycles. The highest BCUT2D eigenvalue weighted by atomic mass is 32.2. The van der Waals surface area contributed by atoms with Gasteiger partial charge in [-0.3, -0.25) is 4.79 Å².